The molecule has 0 bridgehead atoms. The van der Waals surface area contributed by atoms with Crippen LogP contribution in [0, 0.1) is 0 Å². The predicted octanol–water partition coefficient (Wildman–Crippen LogP) is 2.10. The van der Waals surface area contributed by atoms with Gasteiger partial charge in [0.05, 0.1) is 0 Å². The summed E-state index contributed by atoms with van der Waals surface area (Å²) in [5.74, 6) is 0.303. The number of amides is 1. The van der Waals surface area contributed by atoms with Crippen LogP contribution < -0.4 is 5.32 Å². The number of hydrogen-bond donors (Lipinski definition) is 1. The molecular weight excluding hydrogens is 250 g/mol. The maximum atomic E-state index is 12.0. The lowest BCUT2D eigenvalue weighted by atomic mass is 10.1. The fourth-order valence-electron chi connectivity index (χ4n) is 2.92. The van der Waals surface area contributed by atoms with Gasteiger partial charge in [-0.2, -0.15) is 0 Å². The van der Waals surface area contributed by atoms with Crippen LogP contribution in [0.3, 0.4) is 0 Å². The summed E-state index contributed by atoms with van der Waals surface area (Å²) in [6, 6.07) is 1.21. The van der Waals surface area contributed by atoms with E-state index in [2.05, 4.69) is 24.1 Å². The molecule has 1 heterocycles. The maximum absolute atomic E-state index is 12.0. The SMILES string of the molecule is CCN(CC)C(=O)CCCN(CC1CCCN1)C(C)C. The molecule has 0 aromatic rings. The smallest absolute Gasteiger partial charge is 0.222 e. The lowest BCUT2D eigenvalue weighted by molar-refractivity contribution is -0.131. The number of rotatable bonds is 9. The van der Waals surface area contributed by atoms with Gasteiger partial charge in [-0.15, -0.1) is 0 Å². The average molecular weight is 283 g/mol. The molecule has 1 atom stereocenters. The van der Waals surface area contributed by atoms with Crippen molar-refractivity contribution < 1.29 is 4.79 Å². The minimum atomic E-state index is 0.303. The molecule has 1 unspecified atom stereocenters. The van der Waals surface area contributed by atoms with Gasteiger partial charge in [-0.05, 0) is 60.0 Å². The standard InChI is InChI=1S/C16H33N3O/c1-5-18(6-2)16(20)10-8-12-19(14(3)4)13-15-9-7-11-17-15/h14-15,17H,5-13H2,1-4H3. The molecule has 1 aliphatic rings. The van der Waals surface area contributed by atoms with Crippen molar-refractivity contribution in [2.45, 2.75) is 65.5 Å². The van der Waals surface area contributed by atoms with E-state index in [1.165, 1.54) is 12.8 Å². The highest BCUT2D eigenvalue weighted by Crippen LogP contribution is 2.10. The molecule has 4 nitrogen and oxygen atoms in total. The molecule has 0 aliphatic carbocycles. The summed E-state index contributed by atoms with van der Waals surface area (Å²) < 4.78 is 0. The second-order valence-corrected chi connectivity index (χ2v) is 6.05. The van der Waals surface area contributed by atoms with Crippen LogP contribution in [0.4, 0.5) is 0 Å². The van der Waals surface area contributed by atoms with Crippen molar-refractivity contribution in [1.29, 1.82) is 0 Å². The number of nitrogens with zero attached hydrogens (tertiary/aromatic N) is 2. The van der Waals surface area contributed by atoms with Gasteiger partial charge >= 0.3 is 0 Å². The molecule has 1 fully saturated rings. The van der Waals surface area contributed by atoms with E-state index in [-0.39, 0.29) is 0 Å². The van der Waals surface area contributed by atoms with Crippen LogP contribution in [0.1, 0.15) is 53.4 Å². The van der Waals surface area contributed by atoms with Gasteiger partial charge in [-0.1, -0.05) is 0 Å². The Labute approximate surface area is 124 Å². The van der Waals surface area contributed by atoms with Crippen molar-refractivity contribution in [3.8, 4) is 0 Å². The van der Waals surface area contributed by atoms with E-state index in [1.54, 1.807) is 0 Å². The lowest BCUT2D eigenvalue weighted by Crippen LogP contribution is -2.42. The Kier molecular flexibility index (Phi) is 8.15. The number of hydrogen-bond acceptors (Lipinski definition) is 3. The zero-order valence-electron chi connectivity index (χ0n) is 13.8. The van der Waals surface area contributed by atoms with Gasteiger partial charge in [-0.3, -0.25) is 9.69 Å². The molecule has 0 aromatic carbocycles. The molecule has 20 heavy (non-hydrogen) atoms. The van der Waals surface area contributed by atoms with E-state index >= 15 is 0 Å². The van der Waals surface area contributed by atoms with Gasteiger partial charge in [0.1, 0.15) is 0 Å². The summed E-state index contributed by atoms with van der Waals surface area (Å²) in [5.41, 5.74) is 0. The van der Waals surface area contributed by atoms with Crippen molar-refractivity contribution in [3.63, 3.8) is 0 Å². The first kappa shape index (κ1) is 17.4. The number of carbonyl (C=O) groups is 1. The van der Waals surface area contributed by atoms with Gasteiger partial charge < -0.3 is 10.2 Å². The monoisotopic (exact) mass is 283 g/mol. The van der Waals surface area contributed by atoms with Crippen molar-refractivity contribution in [2.24, 2.45) is 0 Å². The van der Waals surface area contributed by atoms with Crippen LogP contribution in [0.5, 0.6) is 0 Å². The summed E-state index contributed by atoms with van der Waals surface area (Å²) in [6.45, 7) is 13.6. The highest BCUT2D eigenvalue weighted by molar-refractivity contribution is 5.76. The fraction of sp³-hybridized carbons (Fsp3) is 0.938. The molecule has 0 spiro atoms. The summed E-state index contributed by atoms with van der Waals surface area (Å²) in [4.78, 5) is 16.4. The largest absolute Gasteiger partial charge is 0.343 e. The summed E-state index contributed by atoms with van der Waals surface area (Å²) in [5, 5.41) is 3.56. The number of carbonyl (C=O) groups excluding carboxylic acids is 1. The Morgan fingerprint density at radius 2 is 2.00 bits per heavy atom. The Hall–Kier alpha value is -0.610. The summed E-state index contributed by atoms with van der Waals surface area (Å²) in [6.07, 6.45) is 4.25. The third-order valence-corrected chi connectivity index (χ3v) is 4.30. The van der Waals surface area contributed by atoms with Crippen molar-refractivity contribution in [1.82, 2.24) is 15.1 Å². The normalized spacial score (nSPS) is 19.0. The zero-order chi connectivity index (χ0) is 15.0. The second kappa shape index (κ2) is 9.35. The van der Waals surface area contributed by atoms with E-state index in [0.717, 1.165) is 39.1 Å². The van der Waals surface area contributed by atoms with Crippen LogP contribution in [-0.4, -0.2) is 60.5 Å². The van der Waals surface area contributed by atoms with Gasteiger partial charge in [-0.25, -0.2) is 0 Å². The molecule has 0 radical (unpaired) electrons. The molecular formula is C16H33N3O. The summed E-state index contributed by atoms with van der Waals surface area (Å²) in [7, 11) is 0. The topological polar surface area (TPSA) is 35.6 Å². The van der Waals surface area contributed by atoms with E-state index < -0.39 is 0 Å². The van der Waals surface area contributed by atoms with Gasteiger partial charge in [0.2, 0.25) is 5.91 Å². The van der Waals surface area contributed by atoms with Gasteiger partial charge in [0, 0.05) is 38.1 Å². The van der Waals surface area contributed by atoms with Crippen LogP contribution in [0.25, 0.3) is 0 Å². The second-order valence-electron chi connectivity index (χ2n) is 6.05. The minimum absolute atomic E-state index is 0.303. The fourth-order valence-corrected chi connectivity index (χ4v) is 2.92. The highest BCUT2D eigenvalue weighted by Gasteiger charge is 2.19. The highest BCUT2D eigenvalue weighted by atomic mass is 16.2. The third kappa shape index (κ3) is 5.80. The Morgan fingerprint density at radius 3 is 2.50 bits per heavy atom. The quantitative estimate of drug-likeness (QED) is 0.704. The van der Waals surface area contributed by atoms with E-state index in [0.29, 0.717) is 24.4 Å². The third-order valence-electron chi connectivity index (χ3n) is 4.30. The molecule has 0 aromatic heterocycles. The molecule has 1 rings (SSSR count). The Bertz CT molecular complexity index is 271. The first-order chi connectivity index (χ1) is 9.58. The van der Waals surface area contributed by atoms with Crippen LogP contribution in [-0.2, 0) is 4.79 Å². The molecule has 1 saturated heterocycles. The molecule has 1 amide bonds. The van der Waals surface area contributed by atoms with E-state index in [1.807, 2.05) is 18.7 Å². The molecule has 4 heteroatoms. The number of nitrogens with one attached hydrogen (secondary N) is 1. The van der Waals surface area contributed by atoms with E-state index in [4.69, 9.17) is 0 Å². The van der Waals surface area contributed by atoms with Crippen molar-refractivity contribution in [3.05, 3.63) is 0 Å². The lowest BCUT2D eigenvalue weighted by Gasteiger charge is -2.29. The molecule has 1 aliphatic heterocycles. The Morgan fingerprint density at radius 1 is 1.30 bits per heavy atom. The minimum Gasteiger partial charge on any atom is -0.343 e. The van der Waals surface area contributed by atoms with Crippen molar-refractivity contribution in [2.75, 3.05) is 32.7 Å². The predicted molar refractivity (Wildman–Crippen MR) is 84.9 cm³/mol. The average Bonchev–Trinajstić information content (AvgIpc) is 2.91. The molecule has 118 valence electrons. The first-order valence-corrected chi connectivity index (χ1v) is 8.33. The van der Waals surface area contributed by atoms with E-state index in [9.17, 15) is 4.79 Å². The zero-order valence-corrected chi connectivity index (χ0v) is 13.8. The van der Waals surface area contributed by atoms with Gasteiger partial charge in [0.25, 0.3) is 0 Å². The van der Waals surface area contributed by atoms with Crippen LogP contribution >= 0.6 is 0 Å². The summed E-state index contributed by atoms with van der Waals surface area (Å²) >= 11 is 0. The molecule has 0 saturated carbocycles. The van der Waals surface area contributed by atoms with Crippen LogP contribution in [0.15, 0.2) is 0 Å². The van der Waals surface area contributed by atoms with Crippen LogP contribution in [0.2, 0.25) is 0 Å². The Balaban J connectivity index is 2.29. The molecule has 1 N–H and O–H groups in total. The maximum Gasteiger partial charge on any atom is 0.222 e. The van der Waals surface area contributed by atoms with Gasteiger partial charge in [0.15, 0.2) is 0 Å². The first-order valence-electron chi connectivity index (χ1n) is 8.33. The van der Waals surface area contributed by atoms with Crippen molar-refractivity contribution >= 4 is 5.91 Å².